The predicted molar refractivity (Wildman–Crippen MR) is 60.2 cm³/mol. The van der Waals surface area contributed by atoms with Crippen LogP contribution in [0.5, 0.6) is 0 Å². The summed E-state index contributed by atoms with van der Waals surface area (Å²) < 4.78 is 0. The monoisotopic (exact) mass is 228 g/mol. The number of hydrogen-bond acceptors (Lipinski definition) is 8. The van der Waals surface area contributed by atoms with Gasteiger partial charge in [-0.25, -0.2) is 0 Å². The molecule has 0 saturated heterocycles. The smallest absolute Gasteiger partial charge is 0.232 e. The van der Waals surface area contributed by atoms with E-state index in [0.717, 1.165) is 0 Å². The number of nitrogens with zero attached hydrogens (tertiary/aromatic N) is 4. The molecule has 0 saturated carbocycles. The lowest BCUT2D eigenvalue weighted by molar-refractivity contribution is 0.280. The van der Waals surface area contributed by atoms with Gasteiger partial charge in [0.25, 0.3) is 0 Å². The molecule has 1 rings (SSSR count). The van der Waals surface area contributed by atoms with Crippen LogP contribution in [0.1, 0.15) is 0 Å². The number of aliphatic hydroxyl groups is 2. The van der Waals surface area contributed by atoms with Crippen LogP contribution in [0.15, 0.2) is 0 Å². The van der Waals surface area contributed by atoms with Gasteiger partial charge in [0.15, 0.2) is 0 Å². The number of anilines is 3. The molecular weight excluding hydrogens is 212 g/mol. The number of nitrogen functional groups attached to an aromatic ring is 1. The maximum Gasteiger partial charge on any atom is 0.232 e. The average molecular weight is 228 g/mol. The van der Waals surface area contributed by atoms with E-state index in [-0.39, 0.29) is 19.2 Å². The van der Waals surface area contributed by atoms with Crippen molar-refractivity contribution in [1.82, 2.24) is 15.0 Å². The zero-order valence-electron chi connectivity index (χ0n) is 9.09. The van der Waals surface area contributed by atoms with Crippen molar-refractivity contribution in [3.8, 4) is 0 Å². The number of rotatable bonds is 6. The van der Waals surface area contributed by atoms with Gasteiger partial charge in [-0.3, -0.25) is 0 Å². The van der Waals surface area contributed by atoms with Gasteiger partial charge in [0, 0.05) is 20.1 Å². The Bertz CT molecular complexity index is 328. The molecule has 0 aliphatic heterocycles. The Morgan fingerprint density at radius 3 is 2.31 bits per heavy atom. The molecule has 0 spiro atoms. The highest BCUT2D eigenvalue weighted by molar-refractivity contribution is 5.41. The molecule has 0 fully saturated rings. The molecular formula is C8H16N6O2. The number of hydrogen-bond donors (Lipinski definition) is 4. The predicted octanol–water partition coefficient (Wildman–Crippen LogP) is -1.71. The van der Waals surface area contributed by atoms with Crippen molar-refractivity contribution in [1.29, 1.82) is 0 Å². The maximum atomic E-state index is 8.88. The molecule has 90 valence electrons. The summed E-state index contributed by atoms with van der Waals surface area (Å²) in [6.07, 6.45) is 0. The van der Waals surface area contributed by atoms with Crippen molar-refractivity contribution >= 4 is 17.8 Å². The topological polar surface area (TPSA) is 120 Å². The third-order valence-corrected chi connectivity index (χ3v) is 1.89. The zero-order chi connectivity index (χ0) is 12.0. The van der Waals surface area contributed by atoms with Gasteiger partial charge in [-0.1, -0.05) is 0 Å². The molecule has 0 amide bonds. The Labute approximate surface area is 93.2 Å². The van der Waals surface area contributed by atoms with Crippen molar-refractivity contribution < 1.29 is 10.2 Å². The minimum Gasteiger partial charge on any atom is -0.395 e. The SMILES string of the molecule is CNc1nc(N)nc(N(CCO)CCO)n1. The van der Waals surface area contributed by atoms with Crippen LogP contribution in [-0.4, -0.2) is 58.5 Å². The van der Waals surface area contributed by atoms with Gasteiger partial charge in [-0.05, 0) is 0 Å². The molecule has 0 unspecified atom stereocenters. The van der Waals surface area contributed by atoms with E-state index in [1.54, 1.807) is 11.9 Å². The summed E-state index contributed by atoms with van der Waals surface area (Å²) in [5.41, 5.74) is 5.51. The van der Waals surface area contributed by atoms with Crippen molar-refractivity contribution in [3.63, 3.8) is 0 Å². The second-order valence-electron chi connectivity index (χ2n) is 3.00. The molecule has 0 radical (unpaired) electrons. The van der Waals surface area contributed by atoms with Gasteiger partial charge < -0.3 is 26.2 Å². The second kappa shape index (κ2) is 6.03. The number of aromatic nitrogens is 3. The molecule has 5 N–H and O–H groups in total. The third kappa shape index (κ3) is 3.17. The van der Waals surface area contributed by atoms with Crippen LogP contribution in [0.4, 0.5) is 17.8 Å². The van der Waals surface area contributed by atoms with Crippen LogP contribution >= 0.6 is 0 Å². The van der Waals surface area contributed by atoms with E-state index in [1.807, 2.05) is 0 Å². The Morgan fingerprint density at radius 2 is 1.81 bits per heavy atom. The zero-order valence-corrected chi connectivity index (χ0v) is 9.09. The van der Waals surface area contributed by atoms with Gasteiger partial charge in [0.2, 0.25) is 17.8 Å². The van der Waals surface area contributed by atoms with Crippen LogP contribution in [0.25, 0.3) is 0 Å². The van der Waals surface area contributed by atoms with E-state index in [9.17, 15) is 0 Å². The highest BCUT2D eigenvalue weighted by Gasteiger charge is 2.11. The summed E-state index contributed by atoms with van der Waals surface area (Å²) in [5.74, 6) is 0.776. The van der Waals surface area contributed by atoms with Gasteiger partial charge in [0.1, 0.15) is 0 Å². The average Bonchev–Trinajstić information content (AvgIpc) is 2.28. The van der Waals surface area contributed by atoms with Gasteiger partial charge in [0.05, 0.1) is 13.2 Å². The normalized spacial score (nSPS) is 10.2. The van der Waals surface area contributed by atoms with E-state index < -0.39 is 0 Å². The van der Waals surface area contributed by atoms with Gasteiger partial charge in [-0.15, -0.1) is 0 Å². The van der Waals surface area contributed by atoms with E-state index >= 15 is 0 Å². The minimum atomic E-state index is -0.0551. The molecule has 0 aromatic carbocycles. The number of nitrogens with two attached hydrogens (primary N) is 1. The molecule has 8 nitrogen and oxygen atoms in total. The molecule has 8 heteroatoms. The summed E-state index contributed by atoms with van der Waals surface area (Å²) in [4.78, 5) is 13.5. The second-order valence-corrected chi connectivity index (χ2v) is 3.00. The molecule has 1 aromatic heterocycles. The molecule has 0 bridgehead atoms. The Balaban J connectivity index is 2.93. The summed E-state index contributed by atoms with van der Waals surface area (Å²) in [6, 6.07) is 0. The largest absolute Gasteiger partial charge is 0.395 e. The molecule has 0 atom stereocenters. The highest BCUT2D eigenvalue weighted by atomic mass is 16.3. The summed E-state index contributed by atoms with van der Waals surface area (Å²) in [5, 5.41) is 20.5. The lowest BCUT2D eigenvalue weighted by Gasteiger charge is -2.20. The third-order valence-electron chi connectivity index (χ3n) is 1.89. The highest BCUT2D eigenvalue weighted by Crippen LogP contribution is 2.10. The van der Waals surface area contributed by atoms with Crippen molar-refractivity contribution in [2.75, 3.05) is 49.3 Å². The van der Waals surface area contributed by atoms with Gasteiger partial charge >= 0.3 is 0 Å². The lowest BCUT2D eigenvalue weighted by atomic mass is 10.5. The van der Waals surface area contributed by atoms with E-state index in [2.05, 4.69) is 20.3 Å². The van der Waals surface area contributed by atoms with Crippen LogP contribution in [0, 0.1) is 0 Å². The first-order valence-corrected chi connectivity index (χ1v) is 4.87. The number of aliphatic hydroxyl groups excluding tert-OH is 2. The lowest BCUT2D eigenvalue weighted by Crippen LogP contribution is -2.31. The molecule has 1 heterocycles. The van der Waals surface area contributed by atoms with Crippen LogP contribution in [0.2, 0.25) is 0 Å². The van der Waals surface area contributed by atoms with Crippen molar-refractivity contribution in [2.45, 2.75) is 0 Å². The molecule has 16 heavy (non-hydrogen) atoms. The van der Waals surface area contributed by atoms with E-state index in [0.29, 0.717) is 25.0 Å². The van der Waals surface area contributed by atoms with E-state index in [1.165, 1.54) is 0 Å². The Kier molecular flexibility index (Phi) is 4.67. The summed E-state index contributed by atoms with van der Waals surface area (Å²) in [6.45, 7) is 0.543. The fourth-order valence-corrected chi connectivity index (χ4v) is 1.19. The first-order valence-electron chi connectivity index (χ1n) is 4.87. The molecule has 1 aromatic rings. The fourth-order valence-electron chi connectivity index (χ4n) is 1.19. The van der Waals surface area contributed by atoms with Gasteiger partial charge in [-0.2, -0.15) is 15.0 Å². The van der Waals surface area contributed by atoms with Crippen molar-refractivity contribution in [3.05, 3.63) is 0 Å². The first kappa shape index (κ1) is 12.4. The van der Waals surface area contributed by atoms with Crippen LogP contribution < -0.4 is 16.0 Å². The molecule has 0 aliphatic carbocycles. The minimum absolute atomic E-state index is 0.0551. The summed E-state index contributed by atoms with van der Waals surface area (Å²) in [7, 11) is 1.67. The first-order chi connectivity index (χ1) is 7.71. The van der Waals surface area contributed by atoms with Crippen LogP contribution in [-0.2, 0) is 0 Å². The van der Waals surface area contributed by atoms with E-state index in [4.69, 9.17) is 15.9 Å². The quantitative estimate of drug-likeness (QED) is 0.454. The Morgan fingerprint density at radius 1 is 1.19 bits per heavy atom. The molecule has 0 aliphatic rings. The maximum absolute atomic E-state index is 8.88. The Hall–Kier alpha value is -1.67. The summed E-state index contributed by atoms with van der Waals surface area (Å²) >= 11 is 0. The van der Waals surface area contributed by atoms with Crippen molar-refractivity contribution in [2.24, 2.45) is 0 Å². The number of nitrogens with one attached hydrogen (secondary N) is 1. The fraction of sp³-hybridized carbons (Fsp3) is 0.625. The standard InChI is InChI=1S/C8H16N6O2/c1-10-7-11-6(9)12-8(13-7)14(2-4-15)3-5-16/h15-16H,2-5H2,1H3,(H3,9,10,11,12,13). The van der Waals surface area contributed by atoms with Crippen LogP contribution in [0.3, 0.4) is 0 Å².